The number of hydrogen-bond donors (Lipinski definition) is 0. The van der Waals surface area contributed by atoms with Crippen LogP contribution < -0.4 is 0 Å². The minimum atomic E-state index is 0.135. The maximum atomic E-state index is 12.7. The number of amides is 1. The van der Waals surface area contributed by atoms with E-state index in [2.05, 4.69) is 23.8 Å². The van der Waals surface area contributed by atoms with Crippen molar-refractivity contribution < 1.29 is 4.79 Å². The number of aromatic nitrogens is 1. The Morgan fingerprint density at radius 3 is 2.74 bits per heavy atom. The summed E-state index contributed by atoms with van der Waals surface area (Å²) in [5.74, 6) is 0.137. The third kappa shape index (κ3) is 1.95. The van der Waals surface area contributed by atoms with Crippen LogP contribution >= 0.6 is 0 Å². The van der Waals surface area contributed by atoms with E-state index in [-0.39, 0.29) is 11.9 Å². The first-order valence-corrected chi connectivity index (χ1v) is 6.70. The van der Waals surface area contributed by atoms with Crippen LogP contribution in [0.3, 0.4) is 0 Å². The predicted molar refractivity (Wildman–Crippen MR) is 75.1 cm³/mol. The van der Waals surface area contributed by atoms with Crippen LogP contribution in [0, 0.1) is 6.92 Å². The lowest BCUT2D eigenvalue weighted by molar-refractivity contribution is 0.0643. The Morgan fingerprint density at radius 1 is 1.16 bits per heavy atom. The van der Waals surface area contributed by atoms with Gasteiger partial charge in [-0.15, -0.1) is 0 Å². The largest absolute Gasteiger partial charge is 0.348 e. The van der Waals surface area contributed by atoms with Gasteiger partial charge in [-0.2, -0.15) is 0 Å². The van der Waals surface area contributed by atoms with Crippen molar-refractivity contribution in [1.29, 1.82) is 0 Å². The molecule has 0 radical (unpaired) electrons. The average Bonchev–Trinajstić information content (AvgIpc) is 2.88. The van der Waals surface area contributed by atoms with Gasteiger partial charge < -0.3 is 9.47 Å². The molecule has 0 fully saturated rings. The average molecular weight is 254 g/mol. The molecule has 2 heterocycles. The van der Waals surface area contributed by atoms with Gasteiger partial charge in [0.25, 0.3) is 5.91 Å². The smallest absolute Gasteiger partial charge is 0.254 e. The zero-order valence-corrected chi connectivity index (χ0v) is 11.3. The molecule has 1 unspecified atom stereocenters. The zero-order valence-electron chi connectivity index (χ0n) is 11.3. The molecular formula is C16H18N2O. The minimum Gasteiger partial charge on any atom is -0.348 e. The molecule has 0 aliphatic carbocycles. The fourth-order valence-electron chi connectivity index (χ4n) is 2.82. The van der Waals surface area contributed by atoms with E-state index in [1.54, 1.807) is 0 Å². The van der Waals surface area contributed by atoms with Crippen molar-refractivity contribution in [2.45, 2.75) is 26.4 Å². The Balaban J connectivity index is 1.92. The Morgan fingerprint density at radius 2 is 1.95 bits per heavy atom. The number of nitrogens with zero attached hydrogens (tertiary/aromatic N) is 2. The maximum Gasteiger partial charge on any atom is 0.254 e. The second kappa shape index (κ2) is 4.57. The van der Waals surface area contributed by atoms with E-state index in [1.165, 1.54) is 5.69 Å². The summed E-state index contributed by atoms with van der Waals surface area (Å²) >= 11 is 0. The fourth-order valence-corrected chi connectivity index (χ4v) is 2.82. The topological polar surface area (TPSA) is 25.2 Å². The van der Waals surface area contributed by atoms with E-state index in [4.69, 9.17) is 0 Å². The van der Waals surface area contributed by atoms with E-state index in [0.717, 1.165) is 24.2 Å². The molecule has 19 heavy (non-hydrogen) atoms. The molecule has 2 aromatic rings. The highest BCUT2D eigenvalue weighted by Gasteiger charge is 2.28. The zero-order chi connectivity index (χ0) is 13.4. The normalized spacial score (nSPS) is 18.2. The highest BCUT2D eigenvalue weighted by molar-refractivity contribution is 5.95. The van der Waals surface area contributed by atoms with Gasteiger partial charge in [0.05, 0.1) is 6.04 Å². The number of carbonyl (C=O) groups is 1. The number of carbonyl (C=O) groups excluding carboxylic acids is 1. The van der Waals surface area contributed by atoms with Gasteiger partial charge in [0.15, 0.2) is 0 Å². The van der Waals surface area contributed by atoms with Crippen LogP contribution in [-0.2, 0) is 6.54 Å². The third-order valence-electron chi connectivity index (χ3n) is 3.98. The van der Waals surface area contributed by atoms with Gasteiger partial charge in [-0.25, -0.2) is 0 Å². The molecule has 0 bridgehead atoms. The first-order valence-electron chi connectivity index (χ1n) is 6.70. The third-order valence-corrected chi connectivity index (χ3v) is 3.98. The molecule has 0 spiro atoms. The molecule has 98 valence electrons. The molecule has 3 rings (SSSR count). The van der Waals surface area contributed by atoms with Gasteiger partial charge in [-0.3, -0.25) is 4.79 Å². The SMILES string of the molecule is Cc1ccccc1C(=O)N1CCn2cccc2C1C. The molecule has 0 saturated carbocycles. The van der Waals surface area contributed by atoms with Crippen LogP contribution in [0.15, 0.2) is 42.6 Å². The number of aryl methyl sites for hydroxylation is 1. The Kier molecular flexibility index (Phi) is 2.90. The van der Waals surface area contributed by atoms with Gasteiger partial charge in [0.1, 0.15) is 0 Å². The summed E-state index contributed by atoms with van der Waals surface area (Å²) in [5, 5.41) is 0. The molecule has 1 amide bonds. The van der Waals surface area contributed by atoms with Crippen molar-refractivity contribution in [1.82, 2.24) is 9.47 Å². The Labute approximate surface area is 113 Å². The standard InChI is InChI=1S/C16H18N2O/c1-12-6-3-4-7-14(12)16(19)18-11-10-17-9-5-8-15(17)13(18)2/h3-9,13H,10-11H2,1-2H3. The van der Waals surface area contributed by atoms with Crippen molar-refractivity contribution in [3.63, 3.8) is 0 Å². The van der Waals surface area contributed by atoms with E-state index < -0.39 is 0 Å². The number of fused-ring (bicyclic) bond motifs is 1. The number of benzene rings is 1. The van der Waals surface area contributed by atoms with E-state index in [0.29, 0.717) is 0 Å². The van der Waals surface area contributed by atoms with E-state index in [1.807, 2.05) is 42.2 Å². The van der Waals surface area contributed by atoms with Gasteiger partial charge in [-0.05, 0) is 37.6 Å². The van der Waals surface area contributed by atoms with Gasteiger partial charge in [0, 0.05) is 30.5 Å². The summed E-state index contributed by atoms with van der Waals surface area (Å²) in [6, 6.07) is 12.1. The molecule has 3 heteroatoms. The molecule has 1 aliphatic rings. The molecule has 0 saturated heterocycles. The Bertz CT molecular complexity index is 615. The Hall–Kier alpha value is -2.03. The van der Waals surface area contributed by atoms with Crippen LogP contribution in [0.25, 0.3) is 0 Å². The van der Waals surface area contributed by atoms with Crippen LogP contribution in [-0.4, -0.2) is 21.9 Å². The second-order valence-electron chi connectivity index (χ2n) is 5.12. The maximum absolute atomic E-state index is 12.7. The lowest BCUT2D eigenvalue weighted by Gasteiger charge is -2.35. The van der Waals surface area contributed by atoms with Crippen molar-refractivity contribution in [3.8, 4) is 0 Å². The summed E-state index contributed by atoms with van der Waals surface area (Å²) in [6.45, 7) is 5.74. The minimum absolute atomic E-state index is 0.135. The summed E-state index contributed by atoms with van der Waals surface area (Å²) in [6.07, 6.45) is 2.08. The predicted octanol–water partition coefficient (Wildman–Crippen LogP) is 3.01. The summed E-state index contributed by atoms with van der Waals surface area (Å²) in [4.78, 5) is 14.6. The molecule has 1 aliphatic heterocycles. The van der Waals surface area contributed by atoms with Crippen molar-refractivity contribution >= 4 is 5.91 Å². The summed E-state index contributed by atoms with van der Waals surface area (Å²) < 4.78 is 2.23. The molecular weight excluding hydrogens is 236 g/mol. The van der Waals surface area contributed by atoms with Crippen molar-refractivity contribution in [2.75, 3.05) is 6.54 Å². The van der Waals surface area contributed by atoms with Gasteiger partial charge in [0.2, 0.25) is 0 Å². The highest BCUT2D eigenvalue weighted by Crippen LogP contribution is 2.27. The summed E-state index contributed by atoms with van der Waals surface area (Å²) in [7, 11) is 0. The second-order valence-corrected chi connectivity index (χ2v) is 5.12. The quantitative estimate of drug-likeness (QED) is 0.768. The van der Waals surface area contributed by atoms with E-state index >= 15 is 0 Å². The molecule has 1 aromatic heterocycles. The number of rotatable bonds is 1. The molecule has 0 N–H and O–H groups in total. The molecule has 3 nitrogen and oxygen atoms in total. The first-order chi connectivity index (χ1) is 9.18. The van der Waals surface area contributed by atoms with Crippen molar-refractivity contribution in [3.05, 3.63) is 59.4 Å². The monoisotopic (exact) mass is 254 g/mol. The molecule has 1 aromatic carbocycles. The highest BCUT2D eigenvalue weighted by atomic mass is 16.2. The van der Waals surface area contributed by atoms with Gasteiger partial charge in [-0.1, -0.05) is 18.2 Å². The lowest BCUT2D eigenvalue weighted by Crippen LogP contribution is -2.40. The first kappa shape index (κ1) is 12.0. The fraction of sp³-hybridized carbons (Fsp3) is 0.312. The van der Waals surface area contributed by atoms with Crippen LogP contribution in [0.1, 0.15) is 34.6 Å². The van der Waals surface area contributed by atoms with Gasteiger partial charge >= 0.3 is 0 Å². The number of hydrogen-bond acceptors (Lipinski definition) is 1. The summed E-state index contributed by atoms with van der Waals surface area (Å²) in [5.41, 5.74) is 3.07. The lowest BCUT2D eigenvalue weighted by atomic mass is 10.0. The van der Waals surface area contributed by atoms with Crippen LogP contribution in [0.2, 0.25) is 0 Å². The van der Waals surface area contributed by atoms with Crippen LogP contribution in [0.4, 0.5) is 0 Å². The van der Waals surface area contributed by atoms with Crippen molar-refractivity contribution in [2.24, 2.45) is 0 Å². The van der Waals surface area contributed by atoms with Crippen LogP contribution in [0.5, 0.6) is 0 Å². The molecule has 1 atom stereocenters. The van der Waals surface area contributed by atoms with E-state index in [9.17, 15) is 4.79 Å².